The van der Waals surface area contributed by atoms with Gasteiger partial charge < -0.3 is 5.32 Å². The first kappa shape index (κ1) is 15.1. The second-order valence-electron chi connectivity index (χ2n) is 5.90. The Morgan fingerprint density at radius 2 is 1.83 bits per heavy atom. The summed E-state index contributed by atoms with van der Waals surface area (Å²) in [7, 11) is 1.89. The quantitative estimate of drug-likeness (QED) is 0.862. The van der Waals surface area contributed by atoms with E-state index >= 15 is 0 Å². The Hall–Kier alpha value is -0.960. The predicted molar refractivity (Wildman–Crippen MR) is 71.7 cm³/mol. The van der Waals surface area contributed by atoms with Gasteiger partial charge in [-0.3, -0.25) is 0 Å². The van der Waals surface area contributed by atoms with Crippen LogP contribution in [-0.2, 0) is 6.42 Å². The maximum absolute atomic E-state index is 13.9. The molecule has 0 fully saturated rings. The molecule has 18 heavy (non-hydrogen) atoms. The van der Waals surface area contributed by atoms with Crippen LogP contribution in [0.5, 0.6) is 0 Å². The van der Waals surface area contributed by atoms with Crippen molar-refractivity contribution in [3.63, 3.8) is 0 Å². The average molecular weight is 255 g/mol. The van der Waals surface area contributed by atoms with Crippen LogP contribution < -0.4 is 5.32 Å². The second kappa shape index (κ2) is 5.79. The van der Waals surface area contributed by atoms with Crippen molar-refractivity contribution < 1.29 is 8.78 Å². The van der Waals surface area contributed by atoms with Crippen LogP contribution in [0.2, 0.25) is 0 Å². The standard InChI is InChI=1S/C15H23F2N/c1-10-6-8-12(16)11(14(10)17)7-9-13(18-5)15(2,3)4/h6,8,13,18H,7,9H2,1-5H3. The lowest BCUT2D eigenvalue weighted by molar-refractivity contribution is 0.266. The summed E-state index contributed by atoms with van der Waals surface area (Å²) in [5, 5.41) is 3.22. The maximum atomic E-state index is 13.9. The second-order valence-corrected chi connectivity index (χ2v) is 5.90. The molecule has 0 heterocycles. The molecule has 3 heteroatoms. The van der Waals surface area contributed by atoms with Gasteiger partial charge >= 0.3 is 0 Å². The Kier molecular flexibility index (Phi) is 4.85. The van der Waals surface area contributed by atoms with Crippen molar-refractivity contribution in [1.29, 1.82) is 0 Å². The van der Waals surface area contributed by atoms with Crippen molar-refractivity contribution >= 4 is 0 Å². The van der Waals surface area contributed by atoms with Gasteiger partial charge in [0.05, 0.1) is 0 Å². The Morgan fingerprint density at radius 1 is 1.22 bits per heavy atom. The first-order valence-corrected chi connectivity index (χ1v) is 6.38. The lowest BCUT2D eigenvalue weighted by atomic mass is 9.83. The van der Waals surface area contributed by atoms with Crippen molar-refractivity contribution in [2.45, 2.75) is 46.6 Å². The third kappa shape index (κ3) is 3.52. The van der Waals surface area contributed by atoms with E-state index in [-0.39, 0.29) is 17.0 Å². The molecule has 0 saturated carbocycles. The van der Waals surface area contributed by atoms with E-state index in [1.165, 1.54) is 12.1 Å². The normalized spacial score (nSPS) is 13.7. The van der Waals surface area contributed by atoms with Gasteiger partial charge in [0.1, 0.15) is 11.6 Å². The average Bonchev–Trinajstić information content (AvgIpc) is 2.27. The van der Waals surface area contributed by atoms with E-state index in [0.29, 0.717) is 12.0 Å². The van der Waals surface area contributed by atoms with Crippen LogP contribution >= 0.6 is 0 Å². The molecule has 0 aliphatic rings. The van der Waals surface area contributed by atoms with Crippen molar-refractivity contribution in [3.05, 3.63) is 34.9 Å². The molecule has 0 spiro atoms. The lowest BCUT2D eigenvalue weighted by Crippen LogP contribution is -2.38. The van der Waals surface area contributed by atoms with Crippen LogP contribution in [0.3, 0.4) is 0 Å². The van der Waals surface area contributed by atoms with Gasteiger partial charge in [-0.05, 0) is 43.9 Å². The molecule has 0 bridgehead atoms. The van der Waals surface area contributed by atoms with E-state index in [9.17, 15) is 8.78 Å². The van der Waals surface area contributed by atoms with Crippen LogP contribution in [0.1, 0.15) is 38.3 Å². The highest BCUT2D eigenvalue weighted by atomic mass is 19.1. The molecule has 0 aliphatic heterocycles. The number of aryl methyl sites for hydroxylation is 1. The fourth-order valence-electron chi connectivity index (χ4n) is 2.24. The molecule has 0 aromatic heterocycles. The van der Waals surface area contributed by atoms with Gasteiger partial charge in [-0.1, -0.05) is 26.8 Å². The minimum Gasteiger partial charge on any atom is -0.316 e. The molecule has 1 unspecified atom stereocenters. The molecular formula is C15H23F2N. The summed E-state index contributed by atoms with van der Waals surface area (Å²) in [6.45, 7) is 8.03. The monoisotopic (exact) mass is 255 g/mol. The van der Waals surface area contributed by atoms with E-state index in [1.54, 1.807) is 6.92 Å². The topological polar surface area (TPSA) is 12.0 Å². The summed E-state index contributed by atoms with van der Waals surface area (Å²) < 4.78 is 27.5. The van der Waals surface area contributed by atoms with Gasteiger partial charge in [-0.2, -0.15) is 0 Å². The molecule has 0 aliphatic carbocycles. The highest BCUT2D eigenvalue weighted by Crippen LogP contribution is 2.25. The van der Waals surface area contributed by atoms with E-state index in [4.69, 9.17) is 0 Å². The van der Waals surface area contributed by atoms with E-state index in [2.05, 4.69) is 26.1 Å². The fraction of sp³-hybridized carbons (Fsp3) is 0.600. The van der Waals surface area contributed by atoms with Gasteiger partial charge in [0.25, 0.3) is 0 Å². The first-order chi connectivity index (χ1) is 8.27. The minimum absolute atomic E-state index is 0.0749. The number of hydrogen-bond acceptors (Lipinski definition) is 1. The lowest BCUT2D eigenvalue weighted by Gasteiger charge is -2.30. The van der Waals surface area contributed by atoms with Crippen LogP contribution in [0.25, 0.3) is 0 Å². The number of hydrogen-bond donors (Lipinski definition) is 1. The number of nitrogens with one attached hydrogen (secondary N) is 1. The molecule has 0 amide bonds. The van der Waals surface area contributed by atoms with E-state index in [1.807, 2.05) is 7.05 Å². The highest BCUT2D eigenvalue weighted by Gasteiger charge is 2.23. The molecule has 1 aromatic rings. The molecule has 1 N–H and O–H groups in total. The van der Waals surface area contributed by atoms with Crippen molar-refractivity contribution in [1.82, 2.24) is 5.32 Å². The van der Waals surface area contributed by atoms with Gasteiger partial charge in [0, 0.05) is 11.6 Å². The molecule has 1 atom stereocenters. The van der Waals surface area contributed by atoms with E-state index in [0.717, 1.165) is 6.42 Å². The van der Waals surface area contributed by atoms with Gasteiger partial charge in [-0.25, -0.2) is 8.78 Å². The third-order valence-corrected chi connectivity index (χ3v) is 3.46. The molecular weight excluding hydrogens is 232 g/mol. The molecule has 0 saturated heterocycles. The largest absolute Gasteiger partial charge is 0.316 e. The zero-order valence-electron chi connectivity index (χ0n) is 11.9. The molecule has 1 nitrogen and oxygen atoms in total. The molecule has 1 aromatic carbocycles. The van der Waals surface area contributed by atoms with Crippen LogP contribution in [0, 0.1) is 24.0 Å². The van der Waals surface area contributed by atoms with Crippen LogP contribution in [-0.4, -0.2) is 13.1 Å². The summed E-state index contributed by atoms with van der Waals surface area (Å²) in [6.07, 6.45) is 1.14. The Morgan fingerprint density at radius 3 is 2.33 bits per heavy atom. The Bertz CT molecular complexity index is 408. The Balaban J connectivity index is 2.83. The zero-order valence-corrected chi connectivity index (χ0v) is 11.9. The van der Waals surface area contributed by atoms with Crippen molar-refractivity contribution in [2.75, 3.05) is 7.05 Å². The maximum Gasteiger partial charge on any atom is 0.132 e. The number of rotatable bonds is 4. The number of benzene rings is 1. The highest BCUT2D eigenvalue weighted by molar-refractivity contribution is 5.26. The summed E-state index contributed by atoms with van der Waals surface area (Å²) in [4.78, 5) is 0. The van der Waals surface area contributed by atoms with E-state index < -0.39 is 11.6 Å². The third-order valence-electron chi connectivity index (χ3n) is 3.46. The minimum atomic E-state index is -0.443. The molecule has 1 rings (SSSR count). The summed E-state index contributed by atoms with van der Waals surface area (Å²) in [6, 6.07) is 3.06. The predicted octanol–water partition coefficient (Wildman–Crippen LogP) is 3.84. The zero-order chi connectivity index (χ0) is 13.9. The van der Waals surface area contributed by atoms with Gasteiger partial charge in [0.15, 0.2) is 0 Å². The van der Waals surface area contributed by atoms with Crippen LogP contribution in [0.4, 0.5) is 8.78 Å². The summed E-state index contributed by atoms with van der Waals surface area (Å²) in [5.74, 6) is -0.847. The van der Waals surface area contributed by atoms with Crippen LogP contribution in [0.15, 0.2) is 12.1 Å². The SMILES string of the molecule is CNC(CCc1c(F)ccc(C)c1F)C(C)(C)C. The summed E-state index contributed by atoms with van der Waals surface area (Å²) >= 11 is 0. The molecule has 0 radical (unpaired) electrons. The fourth-order valence-corrected chi connectivity index (χ4v) is 2.24. The van der Waals surface area contributed by atoms with Crippen molar-refractivity contribution in [3.8, 4) is 0 Å². The Labute approximate surface area is 109 Å². The smallest absolute Gasteiger partial charge is 0.132 e. The van der Waals surface area contributed by atoms with Gasteiger partial charge in [0.2, 0.25) is 0 Å². The molecule has 102 valence electrons. The van der Waals surface area contributed by atoms with Crippen molar-refractivity contribution in [2.24, 2.45) is 5.41 Å². The summed E-state index contributed by atoms with van der Waals surface area (Å²) in [5.41, 5.74) is 0.786. The number of halogens is 2. The first-order valence-electron chi connectivity index (χ1n) is 6.38. The van der Waals surface area contributed by atoms with Gasteiger partial charge in [-0.15, -0.1) is 0 Å².